The molecule has 6 heteroatoms. The zero-order valence-corrected chi connectivity index (χ0v) is 15.2. The molecule has 3 rings (SSSR count). The minimum atomic E-state index is 0.831. The molecular weight excluding hydrogens is 340 g/mol. The monoisotopic (exact) mass is 360 g/mol. The van der Waals surface area contributed by atoms with Crippen LogP contribution >= 0.6 is 22.9 Å². The summed E-state index contributed by atoms with van der Waals surface area (Å²) in [5, 5.41) is 7.99. The van der Waals surface area contributed by atoms with E-state index in [0.717, 1.165) is 36.2 Å². The number of benzene rings is 1. The lowest BCUT2D eigenvalue weighted by molar-refractivity contribution is 0.789. The number of rotatable bonds is 6. The number of nitrogens with one attached hydrogen (secondary N) is 3. The molecule has 0 amide bonds. The van der Waals surface area contributed by atoms with Crippen molar-refractivity contribution in [2.75, 3.05) is 20.1 Å². The Morgan fingerprint density at radius 1 is 1.12 bits per heavy atom. The maximum Gasteiger partial charge on any atom is 0.190 e. The summed E-state index contributed by atoms with van der Waals surface area (Å²) in [5.41, 5.74) is 2.51. The maximum absolute atomic E-state index is 5.95. The SMILES string of the molecule is CN=C(NCCc1ccc(Cl)s1)NCCc1c[nH]c2ccccc12. The molecule has 0 saturated heterocycles. The number of nitrogens with zero attached hydrogens (tertiary/aromatic N) is 1. The van der Waals surface area contributed by atoms with Crippen LogP contribution in [0.5, 0.6) is 0 Å². The molecule has 0 aliphatic rings. The lowest BCUT2D eigenvalue weighted by Gasteiger charge is -2.11. The van der Waals surface area contributed by atoms with Crippen molar-refractivity contribution in [1.29, 1.82) is 0 Å². The van der Waals surface area contributed by atoms with E-state index in [2.05, 4.69) is 51.1 Å². The summed E-state index contributed by atoms with van der Waals surface area (Å²) in [6, 6.07) is 12.4. The van der Waals surface area contributed by atoms with Gasteiger partial charge in [0.05, 0.1) is 4.34 Å². The van der Waals surface area contributed by atoms with Gasteiger partial charge in [-0.25, -0.2) is 0 Å². The zero-order chi connectivity index (χ0) is 16.8. The van der Waals surface area contributed by atoms with Gasteiger partial charge in [0.25, 0.3) is 0 Å². The van der Waals surface area contributed by atoms with Crippen LogP contribution in [0, 0.1) is 0 Å². The van der Waals surface area contributed by atoms with Crippen LogP contribution in [0.15, 0.2) is 47.6 Å². The van der Waals surface area contributed by atoms with E-state index in [1.54, 1.807) is 18.4 Å². The summed E-state index contributed by atoms with van der Waals surface area (Å²) in [4.78, 5) is 8.86. The van der Waals surface area contributed by atoms with Crippen molar-refractivity contribution < 1.29 is 0 Å². The molecule has 0 saturated carbocycles. The average molecular weight is 361 g/mol. The van der Waals surface area contributed by atoms with E-state index >= 15 is 0 Å². The second-order valence-corrected chi connectivity index (χ2v) is 7.29. The fraction of sp³-hybridized carbons (Fsp3) is 0.278. The Morgan fingerprint density at radius 2 is 1.92 bits per heavy atom. The van der Waals surface area contributed by atoms with E-state index in [9.17, 15) is 0 Å². The maximum atomic E-state index is 5.95. The third-order valence-corrected chi connectivity index (χ3v) is 5.17. The highest BCUT2D eigenvalue weighted by Crippen LogP contribution is 2.21. The van der Waals surface area contributed by atoms with Gasteiger partial charge >= 0.3 is 0 Å². The van der Waals surface area contributed by atoms with Gasteiger partial charge in [0.2, 0.25) is 0 Å². The zero-order valence-electron chi connectivity index (χ0n) is 13.6. The van der Waals surface area contributed by atoms with Crippen LogP contribution in [-0.2, 0) is 12.8 Å². The smallest absolute Gasteiger partial charge is 0.190 e. The third-order valence-electron chi connectivity index (χ3n) is 3.88. The highest BCUT2D eigenvalue weighted by Gasteiger charge is 2.04. The summed E-state index contributed by atoms with van der Waals surface area (Å²) in [6.45, 7) is 1.68. The van der Waals surface area contributed by atoms with Crippen molar-refractivity contribution in [3.05, 3.63) is 57.4 Å². The molecule has 0 bridgehead atoms. The van der Waals surface area contributed by atoms with E-state index in [4.69, 9.17) is 11.6 Å². The fourth-order valence-electron chi connectivity index (χ4n) is 2.66. The Balaban J connectivity index is 1.44. The molecule has 0 aliphatic carbocycles. The Bertz CT molecular complexity index is 821. The van der Waals surface area contributed by atoms with E-state index in [1.165, 1.54) is 21.3 Å². The molecular formula is C18H21ClN4S. The van der Waals surface area contributed by atoms with Crippen molar-refractivity contribution in [2.24, 2.45) is 4.99 Å². The summed E-state index contributed by atoms with van der Waals surface area (Å²) in [6.07, 6.45) is 3.98. The number of aromatic amines is 1. The van der Waals surface area contributed by atoms with Crippen LogP contribution in [0.3, 0.4) is 0 Å². The van der Waals surface area contributed by atoms with Crippen molar-refractivity contribution >= 4 is 39.8 Å². The van der Waals surface area contributed by atoms with Crippen molar-refractivity contribution in [3.63, 3.8) is 0 Å². The van der Waals surface area contributed by atoms with Crippen molar-refractivity contribution in [2.45, 2.75) is 12.8 Å². The largest absolute Gasteiger partial charge is 0.361 e. The van der Waals surface area contributed by atoms with E-state index in [1.807, 2.05) is 12.1 Å². The first-order chi connectivity index (χ1) is 11.8. The lowest BCUT2D eigenvalue weighted by Crippen LogP contribution is -2.39. The third kappa shape index (κ3) is 4.30. The molecule has 0 spiro atoms. The molecule has 0 unspecified atom stereocenters. The second kappa shape index (κ2) is 8.22. The first-order valence-electron chi connectivity index (χ1n) is 8.00. The van der Waals surface area contributed by atoms with Gasteiger partial charge < -0.3 is 15.6 Å². The average Bonchev–Trinajstić information content (AvgIpc) is 3.20. The first-order valence-corrected chi connectivity index (χ1v) is 9.19. The number of hydrogen-bond acceptors (Lipinski definition) is 2. The minimum Gasteiger partial charge on any atom is -0.361 e. The molecule has 4 nitrogen and oxygen atoms in total. The Labute approximate surface area is 151 Å². The lowest BCUT2D eigenvalue weighted by atomic mass is 10.1. The Morgan fingerprint density at radius 3 is 2.67 bits per heavy atom. The molecule has 0 atom stereocenters. The van der Waals surface area contributed by atoms with Crippen molar-refractivity contribution in [3.8, 4) is 0 Å². The highest BCUT2D eigenvalue weighted by atomic mass is 35.5. The van der Waals surface area contributed by atoms with Crippen LogP contribution in [0.1, 0.15) is 10.4 Å². The van der Waals surface area contributed by atoms with Gasteiger partial charge in [-0.05, 0) is 36.6 Å². The topological polar surface area (TPSA) is 52.2 Å². The van der Waals surface area contributed by atoms with Crippen LogP contribution in [0.4, 0.5) is 0 Å². The number of aromatic nitrogens is 1. The minimum absolute atomic E-state index is 0.831. The van der Waals surface area contributed by atoms with Crippen LogP contribution in [0.25, 0.3) is 10.9 Å². The quantitative estimate of drug-likeness (QED) is 0.462. The van der Waals surface area contributed by atoms with Crippen LogP contribution in [0.2, 0.25) is 4.34 Å². The molecule has 0 fully saturated rings. The van der Waals surface area contributed by atoms with Gasteiger partial charge in [-0.2, -0.15) is 0 Å². The number of para-hydroxylation sites is 1. The second-order valence-electron chi connectivity index (χ2n) is 5.49. The van der Waals surface area contributed by atoms with Crippen LogP contribution in [-0.4, -0.2) is 31.1 Å². The summed E-state index contributed by atoms with van der Waals surface area (Å²) < 4.78 is 0.839. The number of thiophene rings is 1. The predicted octanol–water partition coefficient (Wildman–Crippen LogP) is 3.83. The molecule has 1 aromatic carbocycles. The molecule has 2 heterocycles. The van der Waals surface area contributed by atoms with Gasteiger partial charge in [0, 0.05) is 42.1 Å². The molecule has 24 heavy (non-hydrogen) atoms. The molecule has 3 N–H and O–H groups in total. The predicted molar refractivity (Wildman–Crippen MR) is 104 cm³/mol. The normalized spacial score (nSPS) is 11.8. The number of guanidine groups is 1. The summed E-state index contributed by atoms with van der Waals surface area (Å²) in [5.74, 6) is 0.831. The van der Waals surface area contributed by atoms with Crippen molar-refractivity contribution in [1.82, 2.24) is 15.6 Å². The number of aliphatic imine (C=N–C) groups is 1. The number of fused-ring (bicyclic) bond motifs is 1. The first kappa shape index (κ1) is 16.9. The van der Waals surface area contributed by atoms with Gasteiger partial charge in [-0.3, -0.25) is 4.99 Å². The van der Waals surface area contributed by atoms with Gasteiger partial charge in [-0.15, -0.1) is 11.3 Å². The summed E-state index contributed by atoms with van der Waals surface area (Å²) in [7, 11) is 1.79. The Kier molecular flexibility index (Phi) is 5.77. The van der Waals surface area contributed by atoms with Gasteiger partial charge in [-0.1, -0.05) is 29.8 Å². The van der Waals surface area contributed by atoms with E-state index in [0.29, 0.717) is 0 Å². The molecule has 0 aliphatic heterocycles. The molecule has 126 valence electrons. The van der Waals surface area contributed by atoms with Gasteiger partial charge in [0.1, 0.15) is 0 Å². The number of halogens is 1. The fourth-order valence-corrected chi connectivity index (χ4v) is 3.75. The molecule has 3 aromatic rings. The Hall–Kier alpha value is -1.98. The standard InChI is InChI=1S/C18H21ClN4S/c1-20-18(22-11-9-14-6-7-17(19)24-14)21-10-8-13-12-23-16-5-3-2-4-15(13)16/h2-7,12,23H,8-11H2,1H3,(H2,20,21,22). The summed E-state index contributed by atoms with van der Waals surface area (Å²) >= 11 is 7.57. The molecule has 0 radical (unpaired) electrons. The number of hydrogen-bond donors (Lipinski definition) is 3. The van der Waals surface area contributed by atoms with Gasteiger partial charge in [0.15, 0.2) is 5.96 Å². The molecule has 2 aromatic heterocycles. The highest BCUT2D eigenvalue weighted by molar-refractivity contribution is 7.16. The number of H-pyrrole nitrogens is 1. The van der Waals surface area contributed by atoms with Crippen LogP contribution < -0.4 is 10.6 Å². The van der Waals surface area contributed by atoms with E-state index in [-0.39, 0.29) is 0 Å². The van der Waals surface area contributed by atoms with E-state index < -0.39 is 0 Å².